The van der Waals surface area contributed by atoms with Crippen LogP contribution in [0.3, 0.4) is 0 Å². The molecule has 2 aliphatic heterocycles. The average Bonchev–Trinajstić information content (AvgIpc) is 3.56. The van der Waals surface area contributed by atoms with Crippen LogP contribution in [0.25, 0.3) is 22.0 Å². The van der Waals surface area contributed by atoms with Crippen molar-refractivity contribution in [1.82, 2.24) is 24.3 Å². The molecule has 4 aromatic rings. The molecule has 0 radical (unpaired) electrons. The van der Waals surface area contributed by atoms with Crippen LogP contribution in [0, 0.1) is 0 Å². The number of hydrogen-bond donors (Lipinski definition) is 0. The van der Waals surface area contributed by atoms with Gasteiger partial charge >= 0.3 is 6.18 Å². The molecule has 7 nitrogen and oxygen atoms in total. The van der Waals surface area contributed by atoms with Crippen LogP contribution >= 0.6 is 11.3 Å². The topological polar surface area (TPSA) is 61.7 Å². The van der Waals surface area contributed by atoms with E-state index in [-0.39, 0.29) is 17.9 Å². The summed E-state index contributed by atoms with van der Waals surface area (Å²) < 4.78 is 40.8. The van der Waals surface area contributed by atoms with Gasteiger partial charge in [-0.25, -0.2) is 4.98 Å². The summed E-state index contributed by atoms with van der Waals surface area (Å²) in [5, 5.41) is 3.20. The number of benzene rings is 2. The van der Waals surface area contributed by atoms with Crippen molar-refractivity contribution < 1.29 is 22.8 Å². The van der Waals surface area contributed by atoms with Crippen molar-refractivity contribution in [1.29, 1.82) is 0 Å². The van der Waals surface area contributed by atoms with Gasteiger partial charge in [0.1, 0.15) is 0 Å². The number of nitrogens with zero attached hydrogens (tertiary/aromatic N) is 5. The number of aryl methyl sites for hydroxylation is 1. The standard InChI is InChI=1S/C28H26F3N5O2S/c1-33-17-23(18-2-5-20(6-3-18)28(29,30)31)22-7-4-19(14-24(22)33)26(37)36-15-21(16-36)34-9-11-35(12-10-34)27(38)25-32-8-13-39-25/h2-8,13-14,17,21H,9-12,15-16H2,1H3. The maximum Gasteiger partial charge on any atom is 0.416 e. The van der Waals surface area contributed by atoms with E-state index in [1.54, 1.807) is 17.6 Å². The summed E-state index contributed by atoms with van der Waals surface area (Å²) in [6.45, 7) is 4.11. The Bertz CT molecular complexity index is 1520. The fourth-order valence-corrected chi connectivity index (χ4v) is 5.98. The van der Waals surface area contributed by atoms with Crippen LogP contribution in [0.2, 0.25) is 0 Å². The molecule has 2 amide bonds. The predicted octanol–water partition coefficient (Wildman–Crippen LogP) is 4.60. The summed E-state index contributed by atoms with van der Waals surface area (Å²) in [4.78, 5) is 35.9. The molecule has 2 aromatic carbocycles. The van der Waals surface area contributed by atoms with Crippen LogP contribution in [-0.2, 0) is 13.2 Å². The summed E-state index contributed by atoms with van der Waals surface area (Å²) in [5.41, 5.74) is 2.25. The molecule has 202 valence electrons. The molecule has 0 N–H and O–H groups in total. The lowest BCUT2D eigenvalue weighted by atomic mass is 10.0. The number of hydrogen-bond acceptors (Lipinski definition) is 5. The first-order valence-corrected chi connectivity index (χ1v) is 13.6. The summed E-state index contributed by atoms with van der Waals surface area (Å²) in [6, 6.07) is 10.9. The third-order valence-corrected chi connectivity index (χ3v) is 8.40. The smallest absolute Gasteiger partial charge is 0.350 e. The highest BCUT2D eigenvalue weighted by atomic mass is 32.1. The Hall–Kier alpha value is -3.70. The Kier molecular flexibility index (Phi) is 6.43. The zero-order valence-corrected chi connectivity index (χ0v) is 22.0. The lowest BCUT2D eigenvalue weighted by Crippen LogP contribution is -2.64. The van der Waals surface area contributed by atoms with E-state index in [1.165, 1.54) is 23.5 Å². The van der Waals surface area contributed by atoms with E-state index >= 15 is 0 Å². The molecule has 11 heteroatoms. The van der Waals surface area contributed by atoms with Gasteiger partial charge in [0.15, 0.2) is 5.01 Å². The fourth-order valence-electron chi connectivity index (χ4n) is 5.37. The fraction of sp³-hybridized carbons (Fsp3) is 0.321. The molecular weight excluding hydrogens is 527 g/mol. The molecule has 2 aliphatic rings. The number of halogens is 3. The van der Waals surface area contributed by atoms with Crippen molar-refractivity contribution in [3.05, 3.63) is 76.4 Å². The van der Waals surface area contributed by atoms with E-state index < -0.39 is 11.7 Å². The molecule has 4 heterocycles. The number of piperazine rings is 1. The highest BCUT2D eigenvalue weighted by Gasteiger charge is 2.37. The first-order valence-electron chi connectivity index (χ1n) is 12.7. The number of thiazole rings is 1. The Balaban J connectivity index is 1.09. The van der Waals surface area contributed by atoms with Crippen molar-refractivity contribution in [3.63, 3.8) is 0 Å². The molecular formula is C28H26F3N5O2S. The minimum atomic E-state index is -4.38. The molecule has 2 aromatic heterocycles. The zero-order valence-electron chi connectivity index (χ0n) is 21.2. The number of amides is 2. The van der Waals surface area contributed by atoms with E-state index in [0.717, 1.165) is 41.7 Å². The molecule has 0 spiro atoms. The normalized spacial score (nSPS) is 17.0. The lowest BCUT2D eigenvalue weighted by Gasteiger charge is -2.48. The summed E-state index contributed by atoms with van der Waals surface area (Å²) in [7, 11) is 1.86. The second kappa shape index (κ2) is 9.80. The number of carbonyl (C=O) groups is 2. The number of alkyl halides is 3. The second-order valence-corrected chi connectivity index (χ2v) is 10.9. The zero-order chi connectivity index (χ0) is 27.3. The SMILES string of the molecule is Cn1cc(-c2ccc(C(F)(F)F)cc2)c2ccc(C(=O)N3CC(N4CCN(C(=O)c5nccs5)CC4)C3)cc21. The molecule has 6 rings (SSSR count). The maximum absolute atomic E-state index is 13.2. The van der Waals surface area contributed by atoms with Crippen molar-refractivity contribution >= 4 is 34.1 Å². The average molecular weight is 554 g/mol. The summed E-state index contributed by atoms with van der Waals surface area (Å²) >= 11 is 1.35. The van der Waals surface area contributed by atoms with Crippen molar-refractivity contribution in [3.8, 4) is 11.1 Å². The van der Waals surface area contributed by atoms with Crippen LogP contribution in [0.15, 0.2) is 60.2 Å². The Morgan fingerprint density at radius 2 is 1.67 bits per heavy atom. The molecule has 0 aliphatic carbocycles. The molecule has 2 saturated heterocycles. The molecule has 0 atom stereocenters. The highest BCUT2D eigenvalue weighted by molar-refractivity contribution is 7.11. The Labute approximate surface area is 227 Å². The quantitative estimate of drug-likeness (QED) is 0.371. The van der Waals surface area contributed by atoms with Gasteiger partial charge in [0, 0.05) is 92.2 Å². The van der Waals surface area contributed by atoms with Crippen molar-refractivity contribution in [2.75, 3.05) is 39.3 Å². The first kappa shape index (κ1) is 25.6. The van der Waals surface area contributed by atoms with Gasteiger partial charge in [0.05, 0.1) is 5.56 Å². The number of aromatic nitrogens is 2. The van der Waals surface area contributed by atoms with E-state index in [1.807, 2.05) is 39.7 Å². The lowest BCUT2D eigenvalue weighted by molar-refractivity contribution is -0.137. The molecule has 0 bridgehead atoms. The van der Waals surface area contributed by atoms with Gasteiger partial charge in [0.25, 0.3) is 11.8 Å². The van der Waals surface area contributed by atoms with Gasteiger partial charge in [-0.3, -0.25) is 14.5 Å². The molecule has 0 saturated carbocycles. The third kappa shape index (κ3) is 4.80. The van der Waals surface area contributed by atoms with Crippen molar-refractivity contribution in [2.24, 2.45) is 7.05 Å². The van der Waals surface area contributed by atoms with Crippen molar-refractivity contribution in [2.45, 2.75) is 12.2 Å². The maximum atomic E-state index is 13.2. The predicted molar refractivity (Wildman–Crippen MR) is 143 cm³/mol. The van der Waals surface area contributed by atoms with Gasteiger partial charge in [-0.05, 0) is 29.8 Å². The monoisotopic (exact) mass is 553 g/mol. The van der Waals surface area contributed by atoms with Gasteiger partial charge in [-0.15, -0.1) is 11.3 Å². The van der Waals surface area contributed by atoms with Crippen LogP contribution in [0.4, 0.5) is 13.2 Å². The molecule has 0 unspecified atom stereocenters. The van der Waals surface area contributed by atoms with Gasteiger partial charge < -0.3 is 14.4 Å². The minimum absolute atomic E-state index is 0.0207. The van der Waals surface area contributed by atoms with Crippen LogP contribution in [0.5, 0.6) is 0 Å². The number of carbonyl (C=O) groups excluding carboxylic acids is 2. The largest absolute Gasteiger partial charge is 0.416 e. The highest BCUT2D eigenvalue weighted by Crippen LogP contribution is 2.34. The Morgan fingerprint density at radius 1 is 0.949 bits per heavy atom. The summed E-state index contributed by atoms with van der Waals surface area (Å²) in [6.07, 6.45) is -0.861. The number of likely N-dealkylation sites (tertiary alicyclic amines) is 1. The van der Waals surface area contributed by atoms with Gasteiger partial charge in [0.2, 0.25) is 0 Å². The van der Waals surface area contributed by atoms with Gasteiger partial charge in [-0.2, -0.15) is 13.2 Å². The van der Waals surface area contributed by atoms with Crippen LogP contribution < -0.4 is 0 Å². The Morgan fingerprint density at radius 3 is 2.31 bits per heavy atom. The third-order valence-electron chi connectivity index (χ3n) is 7.64. The second-order valence-electron chi connectivity index (χ2n) is 9.99. The van der Waals surface area contributed by atoms with Crippen LogP contribution in [0.1, 0.15) is 25.7 Å². The van der Waals surface area contributed by atoms with Gasteiger partial charge in [-0.1, -0.05) is 18.2 Å². The van der Waals surface area contributed by atoms with E-state index in [0.29, 0.717) is 42.3 Å². The number of fused-ring (bicyclic) bond motifs is 1. The van der Waals surface area contributed by atoms with Crippen LogP contribution in [-0.4, -0.2) is 81.4 Å². The molecule has 2 fully saturated rings. The van der Waals surface area contributed by atoms with E-state index in [9.17, 15) is 22.8 Å². The number of rotatable bonds is 4. The summed E-state index contributed by atoms with van der Waals surface area (Å²) in [5.74, 6) is -0.0596. The van der Waals surface area contributed by atoms with E-state index in [4.69, 9.17) is 0 Å². The first-order chi connectivity index (χ1) is 18.7. The minimum Gasteiger partial charge on any atom is -0.350 e. The molecule has 39 heavy (non-hydrogen) atoms. The van der Waals surface area contributed by atoms with E-state index in [2.05, 4.69) is 9.88 Å².